The van der Waals surface area contributed by atoms with Crippen LogP contribution in [0.25, 0.3) is 0 Å². The van der Waals surface area contributed by atoms with Crippen molar-refractivity contribution in [2.75, 3.05) is 18.6 Å². The quantitative estimate of drug-likeness (QED) is 0.648. The maximum atomic E-state index is 11.4. The Morgan fingerprint density at radius 3 is 2.00 bits per heavy atom. The van der Waals surface area contributed by atoms with Crippen LogP contribution in [-0.4, -0.2) is 32.6 Å². The van der Waals surface area contributed by atoms with Crippen molar-refractivity contribution in [3.05, 3.63) is 0 Å². The van der Waals surface area contributed by atoms with Gasteiger partial charge in [-0.05, 0) is 11.8 Å². The highest BCUT2D eigenvalue weighted by Gasteiger charge is 2.50. The molecule has 0 aliphatic carbocycles. The Morgan fingerprint density at radius 1 is 1.31 bits per heavy atom. The normalized spacial score (nSPS) is 33.5. The molecule has 0 radical (unpaired) electrons. The first kappa shape index (κ1) is 11.0. The molecule has 1 unspecified atom stereocenters. The lowest BCUT2D eigenvalue weighted by molar-refractivity contribution is -0.0708. The number of methoxy groups -OCH3 is 1. The molecule has 78 valence electrons. The molecule has 0 bridgehead atoms. The third-order valence-corrected chi connectivity index (χ3v) is 4.76. The van der Waals surface area contributed by atoms with E-state index in [-0.39, 0.29) is 16.9 Å². The summed E-state index contributed by atoms with van der Waals surface area (Å²) in [6.45, 7) is 6.08. The van der Waals surface area contributed by atoms with E-state index in [4.69, 9.17) is 4.74 Å². The zero-order valence-corrected chi connectivity index (χ0v) is 9.57. The molecule has 1 aliphatic heterocycles. The first-order chi connectivity index (χ1) is 5.72. The van der Waals surface area contributed by atoms with E-state index in [1.807, 2.05) is 20.8 Å². The molecular formula is C9H18O3S. The van der Waals surface area contributed by atoms with Crippen molar-refractivity contribution < 1.29 is 13.2 Å². The summed E-state index contributed by atoms with van der Waals surface area (Å²) in [6.07, 6.45) is 0.620. The fourth-order valence-corrected chi connectivity index (χ4v) is 4.07. The Kier molecular flexibility index (Phi) is 2.50. The van der Waals surface area contributed by atoms with Crippen LogP contribution in [0.1, 0.15) is 27.2 Å². The molecule has 0 aromatic carbocycles. The van der Waals surface area contributed by atoms with Crippen LogP contribution in [0.3, 0.4) is 0 Å². The molecule has 1 heterocycles. The summed E-state index contributed by atoms with van der Waals surface area (Å²) in [5, 5.41) is 0. The first-order valence-electron chi connectivity index (χ1n) is 4.48. The van der Waals surface area contributed by atoms with Crippen molar-refractivity contribution in [1.82, 2.24) is 0 Å². The molecule has 1 fully saturated rings. The highest BCUT2D eigenvalue weighted by Crippen LogP contribution is 2.41. The number of rotatable bonds is 1. The van der Waals surface area contributed by atoms with Gasteiger partial charge in [-0.25, -0.2) is 8.42 Å². The number of hydrogen-bond acceptors (Lipinski definition) is 3. The zero-order valence-electron chi connectivity index (χ0n) is 8.75. The Morgan fingerprint density at radius 2 is 1.85 bits per heavy atom. The molecule has 0 spiro atoms. The maximum absolute atomic E-state index is 11.4. The lowest BCUT2D eigenvalue weighted by Gasteiger charge is -2.39. The second-order valence-corrected chi connectivity index (χ2v) is 6.97. The van der Waals surface area contributed by atoms with Gasteiger partial charge >= 0.3 is 0 Å². The van der Waals surface area contributed by atoms with Gasteiger partial charge in [0.1, 0.15) is 0 Å². The van der Waals surface area contributed by atoms with Gasteiger partial charge in [0.2, 0.25) is 0 Å². The van der Waals surface area contributed by atoms with Gasteiger partial charge < -0.3 is 4.74 Å². The van der Waals surface area contributed by atoms with E-state index in [0.717, 1.165) is 0 Å². The van der Waals surface area contributed by atoms with Crippen LogP contribution in [0.2, 0.25) is 0 Å². The SMILES string of the molecule is COC1(C(C)(C)C)CCS(=O)(=O)C1. The third kappa shape index (κ3) is 1.89. The molecule has 4 heteroatoms. The largest absolute Gasteiger partial charge is 0.377 e. The fourth-order valence-electron chi connectivity index (χ4n) is 1.88. The molecule has 13 heavy (non-hydrogen) atoms. The van der Waals surface area contributed by atoms with Crippen LogP contribution < -0.4 is 0 Å². The monoisotopic (exact) mass is 206 g/mol. The molecule has 0 aromatic rings. The van der Waals surface area contributed by atoms with Gasteiger partial charge in [0, 0.05) is 7.11 Å². The topological polar surface area (TPSA) is 43.4 Å². The summed E-state index contributed by atoms with van der Waals surface area (Å²) in [7, 11) is -1.27. The summed E-state index contributed by atoms with van der Waals surface area (Å²) in [4.78, 5) is 0. The van der Waals surface area contributed by atoms with Crippen molar-refractivity contribution in [2.45, 2.75) is 32.8 Å². The molecule has 0 aromatic heterocycles. The van der Waals surface area contributed by atoms with E-state index in [1.165, 1.54) is 0 Å². The first-order valence-corrected chi connectivity index (χ1v) is 6.30. The van der Waals surface area contributed by atoms with E-state index in [0.29, 0.717) is 6.42 Å². The Bertz CT molecular complexity index is 286. The predicted molar refractivity (Wildman–Crippen MR) is 52.5 cm³/mol. The van der Waals surface area contributed by atoms with Gasteiger partial charge in [0.05, 0.1) is 17.1 Å². The zero-order chi connectivity index (χ0) is 10.3. The minimum Gasteiger partial charge on any atom is -0.377 e. The molecule has 0 saturated carbocycles. The van der Waals surface area contributed by atoms with E-state index in [9.17, 15) is 8.42 Å². The minimum atomic E-state index is -2.87. The molecule has 3 nitrogen and oxygen atoms in total. The summed E-state index contributed by atoms with van der Waals surface area (Å²) in [5.74, 6) is 0.429. The summed E-state index contributed by atoms with van der Waals surface area (Å²) >= 11 is 0. The van der Waals surface area contributed by atoms with Crippen LogP contribution in [-0.2, 0) is 14.6 Å². The van der Waals surface area contributed by atoms with Gasteiger partial charge in [-0.3, -0.25) is 0 Å². The van der Waals surface area contributed by atoms with Crippen molar-refractivity contribution in [2.24, 2.45) is 5.41 Å². The molecule has 1 aliphatic rings. The van der Waals surface area contributed by atoms with Crippen molar-refractivity contribution in [3.63, 3.8) is 0 Å². The molecule has 1 rings (SSSR count). The standard InChI is InChI=1S/C9H18O3S/c1-8(2,3)9(12-4)5-6-13(10,11)7-9/h5-7H2,1-4H3. The second kappa shape index (κ2) is 2.95. The summed E-state index contributed by atoms with van der Waals surface area (Å²) < 4.78 is 28.2. The lowest BCUT2D eigenvalue weighted by Crippen LogP contribution is -2.45. The van der Waals surface area contributed by atoms with Crippen molar-refractivity contribution >= 4 is 9.84 Å². The second-order valence-electron chi connectivity index (χ2n) is 4.79. The molecule has 0 N–H and O–H groups in total. The van der Waals surface area contributed by atoms with Crippen LogP contribution in [0.4, 0.5) is 0 Å². The van der Waals surface area contributed by atoms with Crippen LogP contribution in [0.15, 0.2) is 0 Å². The van der Waals surface area contributed by atoms with Crippen molar-refractivity contribution in [1.29, 1.82) is 0 Å². The fraction of sp³-hybridized carbons (Fsp3) is 1.00. The average Bonchev–Trinajstić information content (AvgIpc) is 2.26. The van der Waals surface area contributed by atoms with E-state index >= 15 is 0 Å². The Balaban J connectivity index is 3.00. The third-order valence-electron chi connectivity index (χ3n) is 3.03. The smallest absolute Gasteiger partial charge is 0.153 e. The molecule has 1 saturated heterocycles. The van der Waals surface area contributed by atoms with Crippen LogP contribution in [0.5, 0.6) is 0 Å². The number of hydrogen-bond donors (Lipinski definition) is 0. The Labute approximate surface area is 80.4 Å². The van der Waals surface area contributed by atoms with Crippen LogP contribution in [0, 0.1) is 5.41 Å². The van der Waals surface area contributed by atoms with Crippen molar-refractivity contribution in [3.8, 4) is 0 Å². The molecule has 0 amide bonds. The highest BCUT2D eigenvalue weighted by atomic mass is 32.2. The minimum absolute atomic E-state index is 0.120. The van der Waals surface area contributed by atoms with Gasteiger partial charge in [-0.15, -0.1) is 0 Å². The van der Waals surface area contributed by atoms with Gasteiger partial charge in [-0.1, -0.05) is 20.8 Å². The summed E-state index contributed by atoms with van der Waals surface area (Å²) in [5.41, 5.74) is -0.600. The van der Waals surface area contributed by atoms with E-state index in [2.05, 4.69) is 0 Å². The number of sulfone groups is 1. The molecular weight excluding hydrogens is 188 g/mol. The van der Waals surface area contributed by atoms with E-state index in [1.54, 1.807) is 7.11 Å². The maximum Gasteiger partial charge on any atom is 0.153 e. The van der Waals surface area contributed by atoms with Gasteiger partial charge in [0.15, 0.2) is 9.84 Å². The Hall–Kier alpha value is -0.0900. The summed E-state index contributed by atoms with van der Waals surface area (Å²) in [6, 6.07) is 0. The van der Waals surface area contributed by atoms with Crippen LogP contribution >= 0.6 is 0 Å². The highest BCUT2D eigenvalue weighted by molar-refractivity contribution is 7.91. The van der Waals surface area contributed by atoms with E-state index < -0.39 is 15.4 Å². The predicted octanol–water partition coefficient (Wildman–Crippen LogP) is 1.24. The van der Waals surface area contributed by atoms with Gasteiger partial charge in [-0.2, -0.15) is 0 Å². The van der Waals surface area contributed by atoms with Gasteiger partial charge in [0.25, 0.3) is 0 Å². The lowest BCUT2D eigenvalue weighted by atomic mass is 9.76. The molecule has 1 atom stereocenters. The average molecular weight is 206 g/mol. The number of ether oxygens (including phenoxy) is 1.